The molecule has 1 aliphatic rings. The van der Waals surface area contributed by atoms with Gasteiger partial charge in [-0.15, -0.1) is 0 Å². The maximum absolute atomic E-state index is 12.2. The van der Waals surface area contributed by atoms with Gasteiger partial charge >= 0.3 is 5.97 Å². The summed E-state index contributed by atoms with van der Waals surface area (Å²) >= 11 is 6.00. The highest BCUT2D eigenvalue weighted by atomic mass is 35.5. The number of hydrogen-bond acceptors (Lipinski definition) is 4. The van der Waals surface area contributed by atoms with Gasteiger partial charge in [-0.05, 0) is 54.5 Å². The number of ether oxygens (including phenoxy) is 2. The van der Waals surface area contributed by atoms with E-state index in [0.717, 1.165) is 29.9 Å². The Morgan fingerprint density at radius 1 is 0.968 bits per heavy atom. The van der Waals surface area contributed by atoms with Crippen molar-refractivity contribution in [1.29, 1.82) is 0 Å². The lowest BCUT2D eigenvalue weighted by molar-refractivity contribution is -0.129. The first-order valence-corrected chi connectivity index (χ1v) is 11.5. The molecule has 5 heteroatoms. The lowest BCUT2D eigenvalue weighted by Crippen LogP contribution is -2.05. The average Bonchev–Trinajstić information content (AvgIpc) is 3.13. The highest BCUT2D eigenvalue weighted by molar-refractivity contribution is 6.30. The van der Waals surface area contributed by atoms with Crippen LogP contribution < -0.4 is 4.74 Å². The van der Waals surface area contributed by atoms with Gasteiger partial charge in [-0.25, -0.2) is 9.79 Å². The van der Waals surface area contributed by atoms with Crippen LogP contribution in [0.15, 0.2) is 59.2 Å². The summed E-state index contributed by atoms with van der Waals surface area (Å²) in [5, 5.41) is 0.604. The summed E-state index contributed by atoms with van der Waals surface area (Å²) in [7, 11) is 0. The van der Waals surface area contributed by atoms with Gasteiger partial charge in [0.2, 0.25) is 5.90 Å². The molecule has 31 heavy (non-hydrogen) atoms. The number of rotatable bonds is 12. The summed E-state index contributed by atoms with van der Waals surface area (Å²) in [5.74, 6) is 0.643. The predicted molar refractivity (Wildman–Crippen MR) is 127 cm³/mol. The van der Waals surface area contributed by atoms with Crippen LogP contribution in [0.5, 0.6) is 5.75 Å². The fourth-order valence-corrected chi connectivity index (χ4v) is 3.61. The lowest BCUT2D eigenvalue weighted by Gasteiger charge is -2.07. The molecule has 0 unspecified atom stereocenters. The molecule has 0 bridgehead atoms. The molecule has 0 amide bonds. The van der Waals surface area contributed by atoms with E-state index in [-0.39, 0.29) is 5.70 Å². The van der Waals surface area contributed by atoms with Gasteiger partial charge in [-0.2, -0.15) is 0 Å². The van der Waals surface area contributed by atoms with Crippen molar-refractivity contribution in [3.8, 4) is 5.75 Å². The first kappa shape index (κ1) is 23.1. The fourth-order valence-electron chi connectivity index (χ4n) is 3.41. The van der Waals surface area contributed by atoms with E-state index in [1.807, 2.05) is 36.4 Å². The van der Waals surface area contributed by atoms with Gasteiger partial charge in [0.25, 0.3) is 0 Å². The van der Waals surface area contributed by atoms with Gasteiger partial charge in [-0.1, -0.05) is 75.6 Å². The molecule has 0 saturated carbocycles. The normalized spacial score (nSPS) is 14.6. The van der Waals surface area contributed by atoms with Gasteiger partial charge in [0, 0.05) is 10.6 Å². The van der Waals surface area contributed by atoms with Gasteiger partial charge in [0.1, 0.15) is 5.75 Å². The van der Waals surface area contributed by atoms with Crippen molar-refractivity contribution < 1.29 is 14.3 Å². The van der Waals surface area contributed by atoms with E-state index in [9.17, 15) is 4.79 Å². The Balaban J connectivity index is 1.46. The van der Waals surface area contributed by atoms with Crippen molar-refractivity contribution in [3.05, 3.63) is 70.4 Å². The first-order valence-electron chi connectivity index (χ1n) is 11.2. The van der Waals surface area contributed by atoms with Gasteiger partial charge in [0.05, 0.1) is 6.61 Å². The molecule has 0 atom stereocenters. The average molecular weight is 440 g/mol. The predicted octanol–water partition coefficient (Wildman–Crippen LogP) is 7.20. The molecule has 0 N–H and O–H groups in total. The third-order valence-electron chi connectivity index (χ3n) is 5.14. The second-order valence-electron chi connectivity index (χ2n) is 7.74. The van der Waals surface area contributed by atoms with Crippen molar-refractivity contribution in [2.45, 2.75) is 58.3 Å². The monoisotopic (exact) mass is 439 g/mol. The second kappa shape index (κ2) is 12.3. The number of carbonyl (C=O) groups excluding carboxylic acids is 1. The van der Waals surface area contributed by atoms with Gasteiger partial charge < -0.3 is 9.47 Å². The smallest absolute Gasteiger partial charge is 0.363 e. The molecule has 0 spiro atoms. The molecule has 2 aromatic carbocycles. The SMILES string of the molecule is CCCCCCCCCCOc1ccc(C2=NC(=Cc3cccc(Cl)c3)C(=O)O2)cc1. The summed E-state index contributed by atoms with van der Waals surface area (Å²) in [6, 6.07) is 14.7. The minimum absolute atomic E-state index is 0.257. The summed E-state index contributed by atoms with van der Waals surface area (Å²) in [5.41, 5.74) is 1.80. The zero-order chi connectivity index (χ0) is 21.9. The Hall–Kier alpha value is -2.59. The van der Waals surface area contributed by atoms with E-state index < -0.39 is 5.97 Å². The Kier molecular flexibility index (Phi) is 9.16. The molecule has 164 valence electrons. The number of carbonyl (C=O) groups is 1. The molecule has 1 aliphatic heterocycles. The van der Waals surface area contributed by atoms with E-state index in [2.05, 4.69) is 11.9 Å². The van der Waals surface area contributed by atoms with E-state index in [0.29, 0.717) is 10.9 Å². The number of aliphatic imine (C=N–C) groups is 1. The van der Waals surface area contributed by atoms with Crippen molar-refractivity contribution in [2.75, 3.05) is 6.61 Å². The number of cyclic esters (lactones) is 1. The van der Waals surface area contributed by atoms with Crippen LogP contribution in [-0.2, 0) is 9.53 Å². The fraction of sp³-hybridized carbons (Fsp3) is 0.385. The lowest BCUT2D eigenvalue weighted by atomic mass is 10.1. The number of halogens is 1. The van der Waals surface area contributed by atoms with Gasteiger partial charge in [-0.3, -0.25) is 0 Å². The van der Waals surface area contributed by atoms with Crippen LogP contribution in [0.1, 0.15) is 69.4 Å². The molecule has 0 saturated heterocycles. The maximum atomic E-state index is 12.2. The number of hydrogen-bond donors (Lipinski definition) is 0. The Bertz CT molecular complexity index is 919. The minimum atomic E-state index is -0.468. The van der Waals surface area contributed by atoms with Crippen LogP contribution >= 0.6 is 11.6 Å². The highest BCUT2D eigenvalue weighted by Crippen LogP contribution is 2.22. The summed E-state index contributed by atoms with van der Waals surface area (Å²) in [4.78, 5) is 16.5. The maximum Gasteiger partial charge on any atom is 0.363 e. The number of unbranched alkanes of at least 4 members (excludes halogenated alkanes) is 7. The Morgan fingerprint density at radius 2 is 1.68 bits per heavy atom. The van der Waals surface area contributed by atoms with Crippen LogP contribution in [-0.4, -0.2) is 18.5 Å². The van der Waals surface area contributed by atoms with Crippen molar-refractivity contribution in [3.63, 3.8) is 0 Å². The number of esters is 1. The van der Waals surface area contributed by atoms with Crippen LogP contribution in [0.25, 0.3) is 6.08 Å². The zero-order valence-corrected chi connectivity index (χ0v) is 18.9. The second-order valence-corrected chi connectivity index (χ2v) is 8.18. The standard InChI is InChI=1S/C26H30ClNO3/c1-2-3-4-5-6-7-8-9-17-30-23-15-13-21(14-16-23)25-28-24(26(29)31-25)19-20-11-10-12-22(27)18-20/h10-16,18-19H,2-9,17H2,1H3. The van der Waals surface area contributed by atoms with Crippen LogP contribution in [0.3, 0.4) is 0 Å². The molecule has 4 nitrogen and oxygen atoms in total. The van der Waals surface area contributed by atoms with E-state index in [1.54, 1.807) is 18.2 Å². The Morgan fingerprint density at radius 3 is 2.39 bits per heavy atom. The minimum Gasteiger partial charge on any atom is -0.494 e. The summed E-state index contributed by atoms with van der Waals surface area (Å²) in [6.45, 7) is 2.96. The van der Waals surface area contributed by atoms with E-state index in [1.165, 1.54) is 44.9 Å². The third kappa shape index (κ3) is 7.55. The quantitative estimate of drug-likeness (QED) is 0.199. The summed E-state index contributed by atoms with van der Waals surface area (Å²) < 4.78 is 11.2. The zero-order valence-electron chi connectivity index (χ0n) is 18.1. The molecule has 0 radical (unpaired) electrons. The Labute approximate surface area is 189 Å². The first-order chi connectivity index (χ1) is 15.2. The molecular formula is C26H30ClNO3. The molecule has 1 heterocycles. The number of nitrogens with zero attached hydrogens (tertiary/aromatic N) is 1. The topological polar surface area (TPSA) is 47.9 Å². The van der Waals surface area contributed by atoms with Crippen LogP contribution in [0, 0.1) is 0 Å². The van der Waals surface area contributed by atoms with E-state index >= 15 is 0 Å². The highest BCUT2D eigenvalue weighted by Gasteiger charge is 2.24. The molecular weight excluding hydrogens is 410 g/mol. The molecule has 0 fully saturated rings. The largest absolute Gasteiger partial charge is 0.494 e. The molecule has 2 aromatic rings. The number of benzene rings is 2. The van der Waals surface area contributed by atoms with Crippen molar-refractivity contribution in [2.24, 2.45) is 4.99 Å². The van der Waals surface area contributed by atoms with Crippen molar-refractivity contribution >= 4 is 29.5 Å². The van der Waals surface area contributed by atoms with Crippen LogP contribution in [0.2, 0.25) is 5.02 Å². The third-order valence-corrected chi connectivity index (χ3v) is 5.38. The molecule has 3 rings (SSSR count). The molecule has 0 aromatic heterocycles. The van der Waals surface area contributed by atoms with Gasteiger partial charge in [0.15, 0.2) is 5.70 Å². The summed E-state index contributed by atoms with van der Waals surface area (Å²) in [6.07, 6.45) is 11.9. The van der Waals surface area contributed by atoms with Crippen LogP contribution in [0.4, 0.5) is 0 Å². The molecule has 0 aliphatic carbocycles. The van der Waals surface area contributed by atoms with Crippen molar-refractivity contribution in [1.82, 2.24) is 0 Å². The van der Waals surface area contributed by atoms with E-state index in [4.69, 9.17) is 21.1 Å².